The first-order valence-electron chi connectivity index (χ1n) is 7.40. The summed E-state index contributed by atoms with van der Waals surface area (Å²) in [6.07, 6.45) is -4.56. The Bertz CT molecular complexity index is 1030. The molecule has 1 heterocycles. The van der Waals surface area contributed by atoms with Crippen LogP contribution in [0.3, 0.4) is 0 Å². The molecular weight excluding hydrogens is 390 g/mol. The van der Waals surface area contributed by atoms with Gasteiger partial charge in [0.05, 0.1) is 17.0 Å². The van der Waals surface area contributed by atoms with Crippen LogP contribution in [0.5, 0.6) is 0 Å². The molecule has 0 amide bonds. The molecule has 0 bridgehead atoms. The molecule has 0 unspecified atom stereocenters. The van der Waals surface area contributed by atoms with E-state index < -0.39 is 27.6 Å². The smallest absolute Gasteiger partial charge is 0.416 e. The molecule has 0 radical (unpaired) electrons. The van der Waals surface area contributed by atoms with E-state index in [9.17, 15) is 26.0 Å². The third kappa shape index (κ3) is 4.49. The van der Waals surface area contributed by atoms with Crippen molar-refractivity contribution < 1.29 is 30.4 Å². The van der Waals surface area contributed by atoms with Crippen molar-refractivity contribution in [2.75, 3.05) is 0 Å². The monoisotopic (exact) mass is 401 g/mol. The highest BCUT2D eigenvalue weighted by atomic mass is 32.2. The van der Waals surface area contributed by atoms with Crippen LogP contribution in [0.1, 0.15) is 11.5 Å². The number of nitrogens with one attached hydrogen (secondary N) is 1. The van der Waals surface area contributed by atoms with E-state index in [1.165, 1.54) is 24.3 Å². The number of nitrogens with zero attached hydrogens (tertiary/aromatic N) is 2. The molecule has 0 fully saturated rings. The largest absolute Gasteiger partial charge is 0.419 e. The molecule has 1 aromatic heterocycles. The molecule has 2 aromatic carbocycles. The Labute approximate surface area is 150 Å². The zero-order chi connectivity index (χ0) is 19.7. The first-order chi connectivity index (χ1) is 12.6. The van der Waals surface area contributed by atoms with Gasteiger partial charge in [0.25, 0.3) is 0 Å². The topological polar surface area (TPSA) is 85.1 Å². The van der Waals surface area contributed by atoms with Crippen LogP contribution < -0.4 is 4.72 Å². The zero-order valence-corrected chi connectivity index (χ0v) is 14.2. The second-order valence-electron chi connectivity index (χ2n) is 5.35. The van der Waals surface area contributed by atoms with Gasteiger partial charge in [0.2, 0.25) is 21.8 Å². The fourth-order valence-electron chi connectivity index (χ4n) is 2.10. The van der Waals surface area contributed by atoms with Crippen LogP contribution in [0, 0.1) is 5.82 Å². The van der Waals surface area contributed by atoms with Gasteiger partial charge in [-0.25, -0.2) is 17.5 Å². The molecule has 0 saturated carbocycles. The van der Waals surface area contributed by atoms with Crippen LogP contribution in [0.4, 0.5) is 17.6 Å². The number of alkyl halides is 3. The Hall–Kier alpha value is -2.79. The molecule has 0 aliphatic heterocycles. The number of hydrogen-bond acceptors (Lipinski definition) is 5. The SMILES string of the molecule is O=S(=O)(NCc1nnc(-c2ccc(F)cc2)o1)c1ccc(C(F)(F)F)cc1. The summed E-state index contributed by atoms with van der Waals surface area (Å²) in [7, 11) is -4.08. The Balaban J connectivity index is 1.70. The van der Waals surface area contributed by atoms with Gasteiger partial charge in [0.1, 0.15) is 5.82 Å². The normalized spacial score (nSPS) is 12.3. The van der Waals surface area contributed by atoms with Gasteiger partial charge in [0.15, 0.2) is 0 Å². The molecule has 0 spiro atoms. The average molecular weight is 401 g/mol. The number of hydrogen-bond donors (Lipinski definition) is 1. The van der Waals surface area contributed by atoms with Gasteiger partial charge in [0, 0.05) is 5.56 Å². The van der Waals surface area contributed by atoms with E-state index in [0.717, 1.165) is 12.1 Å². The Kier molecular flexibility index (Phi) is 4.98. The van der Waals surface area contributed by atoms with Gasteiger partial charge in [-0.3, -0.25) is 0 Å². The first-order valence-corrected chi connectivity index (χ1v) is 8.89. The van der Waals surface area contributed by atoms with Gasteiger partial charge >= 0.3 is 6.18 Å². The minimum atomic E-state index is -4.56. The van der Waals surface area contributed by atoms with E-state index in [1.807, 2.05) is 0 Å². The van der Waals surface area contributed by atoms with Crippen molar-refractivity contribution >= 4 is 10.0 Å². The van der Waals surface area contributed by atoms with E-state index in [-0.39, 0.29) is 23.2 Å². The van der Waals surface area contributed by atoms with Crippen molar-refractivity contribution in [1.29, 1.82) is 0 Å². The number of benzene rings is 2. The fourth-order valence-corrected chi connectivity index (χ4v) is 3.07. The Morgan fingerprint density at radius 2 is 1.59 bits per heavy atom. The molecule has 3 aromatic rings. The van der Waals surface area contributed by atoms with E-state index >= 15 is 0 Å². The summed E-state index contributed by atoms with van der Waals surface area (Å²) >= 11 is 0. The maximum Gasteiger partial charge on any atom is 0.416 e. The van der Waals surface area contributed by atoms with Gasteiger partial charge in [-0.15, -0.1) is 10.2 Å². The highest BCUT2D eigenvalue weighted by molar-refractivity contribution is 7.89. The summed E-state index contributed by atoms with van der Waals surface area (Å²) < 4.78 is 82.3. The predicted molar refractivity (Wildman–Crippen MR) is 85.2 cm³/mol. The van der Waals surface area contributed by atoms with Crippen molar-refractivity contribution in [3.8, 4) is 11.5 Å². The quantitative estimate of drug-likeness (QED) is 0.663. The predicted octanol–water partition coefficient (Wildman–Crippen LogP) is 3.37. The third-order valence-electron chi connectivity index (χ3n) is 3.46. The number of sulfonamides is 1. The highest BCUT2D eigenvalue weighted by Crippen LogP contribution is 2.29. The molecule has 0 aliphatic carbocycles. The van der Waals surface area contributed by atoms with Crippen LogP contribution >= 0.6 is 0 Å². The molecule has 6 nitrogen and oxygen atoms in total. The van der Waals surface area contributed by atoms with Gasteiger partial charge in [-0.1, -0.05) is 0 Å². The van der Waals surface area contributed by atoms with E-state index in [4.69, 9.17) is 4.42 Å². The molecule has 27 heavy (non-hydrogen) atoms. The lowest BCUT2D eigenvalue weighted by molar-refractivity contribution is -0.137. The van der Waals surface area contributed by atoms with Gasteiger partial charge in [-0.05, 0) is 48.5 Å². The van der Waals surface area contributed by atoms with Crippen molar-refractivity contribution in [2.45, 2.75) is 17.6 Å². The molecule has 0 saturated heterocycles. The summed E-state index contributed by atoms with van der Waals surface area (Å²) in [5.41, 5.74) is -0.511. The van der Waals surface area contributed by atoms with Crippen molar-refractivity contribution in [3.63, 3.8) is 0 Å². The second-order valence-corrected chi connectivity index (χ2v) is 7.12. The van der Waals surface area contributed by atoms with E-state index in [0.29, 0.717) is 17.7 Å². The first kappa shape index (κ1) is 19.0. The van der Waals surface area contributed by atoms with Crippen molar-refractivity contribution in [2.24, 2.45) is 0 Å². The number of aromatic nitrogens is 2. The van der Waals surface area contributed by atoms with Crippen LogP contribution in [-0.2, 0) is 22.7 Å². The molecule has 11 heteroatoms. The Morgan fingerprint density at radius 1 is 0.963 bits per heavy atom. The molecule has 3 rings (SSSR count). The minimum Gasteiger partial charge on any atom is -0.419 e. The summed E-state index contributed by atoms with van der Waals surface area (Å²) in [5, 5.41) is 7.40. The van der Waals surface area contributed by atoms with Crippen LogP contribution in [-0.4, -0.2) is 18.6 Å². The number of halogens is 4. The van der Waals surface area contributed by atoms with Gasteiger partial charge < -0.3 is 4.42 Å². The highest BCUT2D eigenvalue weighted by Gasteiger charge is 2.30. The summed E-state index contributed by atoms with van der Waals surface area (Å²) in [4.78, 5) is -0.339. The maximum absolute atomic E-state index is 12.9. The number of rotatable bonds is 5. The standard InChI is InChI=1S/C16H11F4N3O3S/c17-12-5-1-10(2-6-12)15-23-22-14(26-15)9-21-27(24,25)13-7-3-11(4-8-13)16(18,19)20/h1-8,21H,9H2. The molecule has 142 valence electrons. The fraction of sp³-hybridized carbons (Fsp3) is 0.125. The molecular formula is C16H11F4N3O3S. The lowest BCUT2D eigenvalue weighted by atomic mass is 10.2. The minimum absolute atomic E-state index is 0.0650. The van der Waals surface area contributed by atoms with E-state index in [1.54, 1.807) is 0 Å². The summed E-state index contributed by atoms with van der Waals surface area (Å²) in [5.74, 6) is -0.439. The lowest BCUT2D eigenvalue weighted by Crippen LogP contribution is -2.23. The lowest BCUT2D eigenvalue weighted by Gasteiger charge is -2.08. The Morgan fingerprint density at radius 3 is 2.19 bits per heavy atom. The molecule has 0 aliphatic rings. The maximum atomic E-state index is 12.9. The summed E-state index contributed by atoms with van der Waals surface area (Å²) in [6.45, 7) is -0.364. The van der Waals surface area contributed by atoms with Gasteiger partial charge in [-0.2, -0.15) is 13.2 Å². The summed E-state index contributed by atoms with van der Waals surface area (Å²) in [6, 6.07) is 8.28. The van der Waals surface area contributed by atoms with Crippen LogP contribution in [0.25, 0.3) is 11.5 Å². The van der Waals surface area contributed by atoms with Crippen molar-refractivity contribution in [1.82, 2.24) is 14.9 Å². The molecule has 1 N–H and O–H groups in total. The van der Waals surface area contributed by atoms with Crippen LogP contribution in [0.2, 0.25) is 0 Å². The van der Waals surface area contributed by atoms with E-state index in [2.05, 4.69) is 14.9 Å². The van der Waals surface area contributed by atoms with Crippen molar-refractivity contribution in [3.05, 3.63) is 65.8 Å². The zero-order valence-electron chi connectivity index (χ0n) is 13.4. The van der Waals surface area contributed by atoms with Crippen LogP contribution in [0.15, 0.2) is 57.8 Å². The second kappa shape index (κ2) is 7.08. The molecule has 0 atom stereocenters. The average Bonchev–Trinajstić information content (AvgIpc) is 3.09. The third-order valence-corrected chi connectivity index (χ3v) is 4.88.